The summed E-state index contributed by atoms with van der Waals surface area (Å²) >= 11 is 0. The number of hydrogen-bond acceptors (Lipinski definition) is 5. The van der Waals surface area contributed by atoms with Crippen molar-refractivity contribution in [1.29, 1.82) is 0 Å². The highest BCUT2D eigenvalue weighted by molar-refractivity contribution is 6.00. The van der Waals surface area contributed by atoms with Gasteiger partial charge >= 0.3 is 0 Å². The average molecular weight is 447 g/mol. The molecule has 3 amide bonds. The molecule has 0 unspecified atom stereocenters. The van der Waals surface area contributed by atoms with Crippen LogP contribution in [0.4, 0.5) is 5.69 Å². The van der Waals surface area contributed by atoms with Crippen molar-refractivity contribution in [2.45, 2.75) is 13.3 Å². The Hall–Kier alpha value is -4.33. The Morgan fingerprint density at radius 3 is 2.09 bits per heavy atom. The predicted octanol–water partition coefficient (Wildman–Crippen LogP) is 3.57. The second kappa shape index (κ2) is 11.9. The third-order valence-electron chi connectivity index (χ3n) is 4.53. The van der Waals surface area contributed by atoms with Crippen LogP contribution in [0.5, 0.6) is 11.5 Å². The van der Waals surface area contributed by atoms with Crippen LogP contribution in [-0.2, 0) is 4.79 Å². The van der Waals surface area contributed by atoms with Crippen LogP contribution < -0.4 is 25.6 Å². The first-order chi connectivity index (χ1) is 16.1. The number of ether oxygens (including phenoxy) is 2. The Balaban J connectivity index is 1.50. The molecule has 0 bridgehead atoms. The first-order valence-electron chi connectivity index (χ1n) is 10.5. The fourth-order valence-corrected chi connectivity index (χ4v) is 2.82. The van der Waals surface area contributed by atoms with Crippen molar-refractivity contribution in [3.05, 3.63) is 90.0 Å². The van der Waals surface area contributed by atoms with Crippen LogP contribution in [-0.4, -0.2) is 30.9 Å². The maximum Gasteiger partial charge on any atom is 0.273 e. The number of para-hydroxylation sites is 2. The molecule has 0 aromatic heterocycles. The zero-order chi connectivity index (χ0) is 23.5. The topological polar surface area (TPSA) is 106 Å². The van der Waals surface area contributed by atoms with E-state index < -0.39 is 11.8 Å². The summed E-state index contributed by atoms with van der Waals surface area (Å²) in [5.41, 5.74) is 5.96. The van der Waals surface area contributed by atoms with E-state index >= 15 is 0 Å². The Kier molecular flexibility index (Phi) is 8.41. The minimum absolute atomic E-state index is 0.119. The zero-order valence-electron chi connectivity index (χ0n) is 18.2. The number of hydrazine groups is 1. The van der Waals surface area contributed by atoms with E-state index in [0.29, 0.717) is 30.0 Å². The third kappa shape index (κ3) is 7.10. The summed E-state index contributed by atoms with van der Waals surface area (Å²) in [5, 5.41) is 2.70. The molecule has 0 radical (unpaired) electrons. The summed E-state index contributed by atoms with van der Waals surface area (Å²) in [7, 11) is 0. The molecule has 8 heteroatoms. The second-order valence-corrected chi connectivity index (χ2v) is 6.89. The van der Waals surface area contributed by atoms with Crippen LogP contribution in [0.2, 0.25) is 0 Å². The maximum absolute atomic E-state index is 12.6. The quantitative estimate of drug-likeness (QED) is 0.344. The average Bonchev–Trinajstić information content (AvgIpc) is 2.86. The Morgan fingerprint density at radius 2 is 1.36 bits per heavy atom. The van der Waals surface area contributed by atoms with E-state index in [1.54, 1.807) is 55.5 Å². The molecule has 0 aliphatic heterocycles. The number of anilines is 1. The lowest BCUT2D eigenvalue weighted by molar-refractivity contribution is -0.115. The van der Waals surface area contributed by atoms with E-state index in [9.17, 15) is 14.4 Å². The highest BCUT2D eigenvalue weighted by atomic mass is 16.5. The first kappa shape index (κ1) is 23.3. The zero-order valence-corrected chi connectivity index (χ0v) is 18.2. The molecular formula is C25H25N3O5. The fraction of sp³-hybridized carbons (Fsp3) is 0.160. The minimum Gasteiger partial charge on any atom is -0.490 e. The molecule has 0 fully saturated rings. The molecule has 0 atom stereocenters. The van der Waals surface area contributed by atoms with Crippen LogP contribution >= 0.6 is 0 Å². The van der Waals surface area contributed by atoms with Crippen molar-refractivity contribution in [1.82, 2.24) is 10.9 Å². The number of benzene rings is 3. The van der Waals surface area contributed by atoms with E-state index in [1.807, 2.05) is 30.3 Å². The van der Waals surface area contributed by atoms with E-state index in [4.69, 9.17) is 9.47 Å². The van der Waals surface area contributed by atoms with Gasteiger partial charge in [0.15, 0.2) is 0 Å². The normalized spacial score (nSPS) is 10.1. The van der Waals surface area contributed by atoms with Gasteiger partial charge in [0.2, 0.25) is 5.91 Å². The van der Waals surface area contributed by atoms with Gasteiger partial charge in [0.25, 0.3) is 11.8 Å². The monoisotopic (exact) mass is 447 g/mol. The van der Waals surface area contributed by atoms with Gasteiger partial charge < -0.3 is 14.8 Å². The molecule has 3 N–H and O–H groups in total. The molecule has 0 saturated carbocycles. The summed E-state index contributed by atoms with van der Waals surface area (Å²) in [6.07, 6.45) is 0.361. The Labute approximate surface area is 191 Å². The molecular weight excluding hydrogens is 422 g/mol. The largest absolute Gasteiger partial charge is 0.490 e. The molecule has 3 rings (SSSR count). The number of carbonyl (C=O) groups excluding carboxylic acids is 3. The molecule has 33 heavy (non-hydrogen) atoms. The van der Waals surface area contributed by atoms with Crippen LogP contribution in [0.1, 0.15) is 34.1 Å². The number of carbonyl (C=O) groups is 3. The number of rotatable bonds is 9. The van der Waals surface area contributed by atoms with Crippen molar-refractivity contribution in [3.63, 3.8) is 0 Å². The highest BCUT2D eigenvalue weighted by Crippen LogP contribution is 2.18. The van der Waals surface area contributed by atoms with Gasteiger partial charge in [-0.05, 0) is 48.5 Å². The molecule has 0 spiro atoms. The van der Waals surface area contributed by atoms with E-state index in [0.717, 1.165) is 5.75 Å². The molecule has 8 nitrogen and oxygen atoms in total. The van der Waals surface area contributed by atoms with Crippen LogP contribution in [0.3, 0.4) is 0 Å². The van der Waals surface area contributed by atoms with Crippen molar-refractivity contribution in [2.24, 2.45) is 0 Å². The van der Waals surface area contributed by atoms with Crippen LogP contribution in [0.25, 0.3) is 0 Å². The van der Waals surface area contributed by atoms with Gasteiger partial charge in [0.1, 0.15) is 24.7 Å². The van der Waals surface area contributed by atoms with E-state index in [-0.39, 0.29) is 18.1 Å². The predicted molar refractivity (Wildman–Crippen MR) is 124 cm³/mol. The van der Waals surface area contributed by atoms with Crippen LogP contribution in [0.15, 0.2) is 78.9 Å². The van der Waals surface area contributed by atoms with Gasteiger partial charge in [-0.3, -0.25) is 25.2 Å². The van der Waals surface area contributed by atoms with Crippen molar-refractivity contribution >= 4 is 23.4 Å². The van der Waals surface area contributed by atoms with Crippen molar-refractivity contribution in [3.8, 4) is 11.5 Å². The number of hydrogen-bond donors (Lipinski definition) is 3. The molecule has 3 aromatic rings. The van der Waals surface area contributed by atoms with Gasteiger partial charge in [-0.25, -0.2) is 0 Å². The van der Waals surface area contributed by atoms with Crippen molar-refractivity contribution in [2.75, 3.05) is 18.5 Å². The molecule has 3 aromatic carbocycles. The summed E-state index contributed by atoms with van der Waals surface area (Å²) in [6, 6.07) is 22.4. The summed E-state index contributed by atoms with van der Waals surface area (Å²) in [4.78, 5) is 36.4. The van der Waals surface area contributed by atoms with Gasteiger partial charge in [0.05, 0.1) is 5.56 Å². The Morgan fingerprint density at radius 1 is 0.727 bits per heavy atom. The van der Waals surface area contributed by atoms with E-state index in [2.05, 4.69) is 16.2 Å². The molecule has 0 aliphatic rings. The second-order valence-electron chi connectivity index (χ2n) is 6.89. The van der Waals surface area contributed by atoms with Gasteiger partial charge in [-0.1, -0.05) is 37.3 Å². The summed E-state index contributed by atoms with van der Waals surface area (Å²) in [6.45, 7) is 2.30. The standard InChI is InChI=1S/C25H25N3O5/c1-2-23(29)26-19-14-12-18(13-15-19)24(30)27-28-25(31)21-10-6-7-11-22(21)33-17-16-32-20-8-4-3-5-9-20/h3-15H,2,16-17H2,1H3,(H,26,29)(H,27,30)(H,28,31). The smallest absolute Gasteiger partial charge is 0.273 e. The number of amides is 3. The van der Waals surface area contributed by atoms with Gasteiger partial charge in [0, 0.05) is 17.7 Å². The van der Waals surface area contributed by atoms with Gasteiger partial charge in [-0.15, -0.1) is 0 Å². The summed E-state index contributed by atoms with van der Waals surface area (Å²) in [5.74, 6) is -0.0272. The molecule has 0 aliphatic carbocycles. The third-order valence-corrected chi connectivity index (χ3v) is 4.53. The molecule has 170 valence electrons. The maximum atomic E-state index is 12.6. The lowest BCUT2D eigenvalue weighted by atomic mass is 10.2. The fourth-order valence-electron chi connectivity index (χ4n) is 2.82. The Bertz CT molecular complexity index is 1080. The van der Waals surface area contributed by atoms with Gasteiger partial charge in [-0.2, -0.15) is 0 Å². The lowest BCUT2D eigenvalue weighted by Gasteiger charge is -2.13. The highest BCUT2D eigenvalue weighted by Gasteiger charge is 2.14. The SMILES string of the molecule is CCC(=O)Nc1ccc(C(=O)NNC(=O)c2ccccc2OCCOc2ccccc2)cc1. The minimum atomic E-state index is -0.519. The number of nitrogens with one attached hydrogen (secondary N) is 3. The van der Waals surface area contributed by atoms with Crippen LogP contribution in [0, 0.1) is 0 Å². The lowest BCUT2D eigenvalue weighted by Crippen LogP contribution is -2.41. The van der Waals surface area contributed by atoms with E-state index in [1.165, 1.54) is 0 Å². The first-order valence-corrected chi connectivity index (χ1v) is 10.5. The molecule has 0 saturated heterocycles. The summed E-state index contributed by atoms with van der Waals surface area (Å²) < 4.78 is 11.3. The van der Waals surface area contributed by atoms with Crippen molar-refractivity contribution < 1.29 is 23.9 Å². The molecule has 0 heterocycles.